The first-order valence-corrected chi connectivity index (χ1v) is 10.0. The Morgan fingerprint density at radius 1 is 1.33 bits per heavy atom. The number of halogens is 2. The molecule has 0 fully saturated rings. The first kappa shape index (κ1) is 19.7. The van der Waals surface area contributed by atoms with Crippen LogP contribution in [0.1, 0.15) is 22.2 Å². The number of methoxy groups -OCH3 is 1. The molecule has 0 atom stereocenters. The Bertz CT molecular complexity index is 1020. The van der Waals surface area contributed by atoms with E-state index in [1.807, 2.05) is 43.3 Å². The molecule has 0 bridgehead atoms. The molecule has 0 aliphatic rings. The summed E-state index contributed by atoms with van der Waals surface area (Å²) in [6.07, 6.45) is 1.54. The third-order valence-corrected chi connectivity index (χ3v) is 5.83. The van der Waals surface area contributed by atoms with E-state index in [0.717, 1.165) is 20.1 Å². The largest absolute Gasteiger partial charge is 0.497 e. The van der Waals surface area contributed by atoms with Gasteiger partial charge in [-0.05, 0) is 43.3 Å². The van der Waals surface area contributed by atoms with Crippen LogP contribution in [0.2, 0.25) is 5.02 Å². The molecule has 5 nitrogen and oxygen atoms in total. The molecule has 0 saturated heterocycles. The molecule has 0 unspecified atom stereocenters. The maximum Gasteiger partial charge on any atom is 0.283 e. The van der Waals surface area contributed by atoms with E-state index < -0.39 is 0 Å². The summed E-state index contributed by atoms with van der Waals surface area (Å²) < 4.78 is 12.5. The molecule has 1 aromatic heterocycles. The zero-order valence-electron chi connectivity index (χ0n) is 14.6. The zero-order valence-corrected chi connectivity index (χ0v) is 17.7. The average molecular weight is 468 g/mol. The van der Waals surface area contributed by atoms with Crippen molar-refractivity contribution in [3.05, 3.63) is 56.3 Å². The van der Waals surface area contributed by atoms with E-state index in [0.29, 0.717) is 28.0 Å². The van der Waals surface area contributed by atoms with Crippen molar-refractivity contribution in [3.8, 4) is 11.5 Å². The number of nitrogens with one attached hydrogen (secondary N) is 1. The van der Waals surface area contributed by atoms with E-state index in [1.54, 1.807) is 7.11 Å². The van der Waals surface area contributed by atoms with Crippen LogP contribution in [0.4, 0.5) is 0 Å². The van der Waals surface area contributed by atoms with Crippen LogP contribution in [0.25, 0.3) is 10.1 Å². The molecule has 1 amide bonds. The molecule has 0 aliphatic heterocycles. The maximum atomic E-state index is 12.5. The number of amides is 1. The van der Waals surface area contributed by atoms with E-state index in [2.05, 4.69) is 26.5 Å². The van der Waals surface area contributed by atoms with Crippen molar-refractivity contribution < 1.29 is 14.3 Å². The van der Waals surface area contributed by atoms with Gasteiger partial charge in [-0.25, -0.2) is 5.43 Å². The lowest BCUT2D eigenvalue weighted by molar-refractivity contribution is 0.0959. The lowest BCUT2D eigenvalue weighted by Crippen LogP contribution is -2.16. The van der Waals surface area contributed by atoms with E-state index in [1.165, 1.54) is 17.6 Å². The Balaban J connectivity index is 1.80. The second-order valence-corrected chi connectivity index (χ2v) is 7.77. The Labute approximate surface area is 174 Å². The normalized spacial score (nSPS) is 11.1. The first-order valence-electron chi connectivity index (χ1n) is 8.05. The molecule has 1 heterocycles. The van der Waals surface area contributed by atoms with Crippen molar-refractivity contribution in [2.24, 2.45) is 5.10 Å². The summed E-state index contributed by atoms with van der Waals surface area (Å²) in [7, 11) is 1.59. The third kappa shape index (κ3) is 4.43. The topological polar surface area (TPSA) is 59.9 Å². The highest BCUT2D eigenvalue weighted by atomic mass is 79.9. The van der Waals surface area contributed by atoms with Crippen LogP contribution in [-0.4, -0.2) is 25.8 Å². The fourth-order valence-electron chi connectivity index (χ4n) is 2.44. The smallest absolute Gasteiger partial charge is 0.283 e. The van der Waals surface area contributed by atoms with Crippen molar-refractivity contribution in [2.45, 2.75) is 6.92 Å². The molecule has 3 aromatic rings. The minimum absolute atomic E-state index is 0.371. The van der Waals surface area contributed by atoms with Crippen LogP contribution in [0.15, 0.2) is 46.0 Å². The highest BCUT2D eigenvalue weighted by Gasteiger charge is 2.17. The summed E-state index contributed by atoms with van der Waals surface area (Å²) >= 11 is 11.1. The van der Waals surface area contributed by atoms with E-state index in [4.69, 9.17) is 21.1 Å². The Morgan fingerprint density at radius 3 is 2.89 bits per heavy atom. The summed E-state index contributed by atoms with van der Waals surface area (Å²) in [6, 6.07) is 11.1. The van der Waals surface area contributed by atoms with Gasteiger partial charge in [0.2, 0.25) is 0 Å². The van der Waals surface area contributed by atoms with Crippen LogP contribution < -0.4 is 14.9 Å². The lowest BCUT2D eigenvalue weighted by atomic mass is 10.2. The van der Waals surface area contributed by atoms with Crippen molar-refractivity contribution in [3.63, 3.8) is 0 Å². The monoisotopic (exact) mass is 466 g/mol. The number of carbonyl (C=O) groups excluding carboxylic acids is 1. The number of thiophene rings is 1. The van der Waals surface area contributed by atoms with Gasteiger partial charge in [0.15, 0.2) is 0 Å². The quantitative estimate of drug-likeness (QED) is 0.385. The summed E-state index contributed by atoms with van der Waals surface area (Å²) in [5.74, 6) is 1.03. The fraction of sp³-hybridized carbons (Fsp3) is 0.158. The summed E-state index contributed by atoms with van der Waals surface area (Å²) in [5, 5.41) is 5.26. The van der Waals surface area contributed by atoms with Crippen LogP contribution in [-0.2, 0) is 0 Å². The number of hydrogen-bond donors (Lipinski definition) is 1. The Kier molecular flexibility index (Phi) is 6.36. The summed E-state index contributed by atoms with van der Waals surface area (Å²) in [6.45, 7) is 2.44. The van der Waals surface area contributed by atoms with Gasteiger partial charge < -0.3 is 9.47 Å². The first-order chi connectivity index (χ1) is 13.0. The van der Waals surface area contributed by atoms with Crippen molar-refractivity contribution in [1.82, 2.24) is 5.43 Å². The second-order valence-electron chi connectivity index (χ2n) is 5.42. The van der Waals surface area contributed by atoms with Gasteiger partial charge in [0.05, 0.1) is 25.0 Å². The molecule has 0 spiro atoms. The fourth-order valence-corrected chi connectivity index (χ4v) is 4.25. The average Bonchev–Trinajstić information content (AvgIpc) is 3.00. The molecule has 0 aliphatic carbocycles. The number of carbonyl (C=O) groups is 1. The predicted octanol–water partition coefficient (Wildman–Crippen LogP) is 5.49. The number of hydrazone groups is 1. The van der Waals surface area contributed by atoms with E-state index >= 15 is 0 Å². The minimum Gasteiger partial charge on any atom is -0.497 e. The van der Waals surface area contributed by atoms with E-state index in [-0.39, 0.29) is 5.91 Å². The number of fused-ring (bicyclic) bond motifs is 1. The standard InChI is InChI=1S/C19H16BrClN2O3S/c1-3-26-15-7-4-12(20)8-11(15)10-22-23-19(24)18-17(21)14-6-5-13(25-2)9-16(14)27-18/h4-10H,3H2,1-2H3,(H,23,24)/b22-10+. The summed E-state index contributed by atoms with van der Waals surface area (Å²) in [5.41, 5.74) is 3.27. The SMILES string of the molecule is CCOc1ccc(Br)cc1/C=N/NC(=O)c1sc2cc(OC)ccc2c1Cl. The Hall–Kier alpha value is -2.09. The highest BCUT2D eigenvalue weighted by Crippen LogP contribution is 2.37. The summed E-state index contributed by atoms with van der Waals surface area (Å²) in [4.78, 5) is 12.9. The van der Waals surface area contributed by atoms with E-state index in [9.17, 15) is 4.79 Å². The molecule has 3 rings (SSSR count). The molecule has 1 N–H and O–H groups in total. The van der Waals surface area contributed by atoms with Gasteiger partial charge in [0.1, 0.15) is 16.4 Å². The molecule has 2 aromatic carbocycles. The maximum absolute atomic E-state index is 12.5. The van der Waals surface area contributed by atoms with Gasteiger partial charge in [0, 0.05) is 20.1 Å². The number of hydrogen-bond acceptors (Lipinski definition) is 5. The number of ether oxygens (including phenoxy) is 2. The molecule has 27 heavy (non-hydrogen) atoms. The van der Waals surface area contributed by atoms with Gasteiger partial charge in [0.25, 0.3) is 5.91 Å². The van der Waals surface area contributed by atoms with Gasteiger partial charge in [-0.3, -0.25) is 4.79 Å². The molecular formula is C19H16BrClN2O3S. The number of rotatable bonds is 6. The van der Waals surface area contributed by atoms with Gasteiger partial charge in [-0.1, -0.05) is 27.5 Å². The zero-order chi connectivity index (χ0) is 19.4. The van der Waals surface area contributed by atoms with Crippen molar-refractivity contribution in [1.29, 1.82) is 0 Å². The third-order valence-electron chi connectivity index (χ3n) is 3.68. The van der Waals surface area contributed by atoms with Crippen molar-refractivity contribution in [2.75, 3.05) is 13.7 Å². The van der Waals surface area contributed by atoms with Crippen LogP contribution in [0.5, 0.6) is 11.5 Å². The molecule has 0 radical (unpaired) electrons. The van der Waals surface area contributed by atoms with Crippen LogP contribution >= 0.6 is 38.9 Å². The highest BCUT2D eigenvalue weighted by molar-refractivity contribution is 9.10. The molecule has 8 heteroatoms. The predicted molar refractivity (Wildman–Crippen MR) is 114 cm³/mol. The molecule has 0 saturated carbocycles. The van der Waals surface area contributed by atoms with Crippen molar-refractivity contribution >= 4 is 61.1 Å². The van der Waals surface area contributed by atoms with Crippen LogP contribution in [0, 0.1) is 0 Å². The Morgan fingerprint density at radius 2 is 2.15 bits per heavy atom. The number of benzene rings is 2. The lowest BCUT2D eigenvalue weighted by Gasteiger charge is -2.07. The minimum atomic E-state index is -0.371. The number of nitrogens with zero attached hydrogens (tertiary/aromatic N) is 1. The van der Waals surface area contributed by atoms with Crippen LogP contribution in [0.3, 0.4) is 0 Å². The second kappa shape index (κ2) is 8.73. The van der Waals surface area contributed by atoms with Gasteiger partial charge in [-0.2, -0.15) is 5.10 Å². The molecule has 140 valence electrons. The van der Waals surface area contributed by atoms with Gasteiger partial charge >= 0.3 is 0 Å². The van der Waals surface area contributed by atoms with Gasteiger partial charge in [-0.15, -0.1) is 11.3 Å². The molecular weight excluding hydrogens is 452 g/mol.